The van der Waals surface area contributed by atoms with Crippen LogP contribution in [-0.4, -0.2) is 19.6 Å². The molecule has 0 aliphatic carbocycles. The molecule has 0 saturated heterocycles. The van der Waals surface area contributed by atoms with Gasteiger partial charge in [0.25, 0.3) is 0 Å². The second kappa shape index (κ2) is 8.96. The first kappa shape index (κ1) is 14.7. The maximum atomic E-state index is 5.57. The van der Waals surface area contributed by atoms with E-state index < -0.39 is 0 Å². The van der Waals surface area contributed by atoms with Crippen LogP contribution in [0.4, 0.5) is 0 Å². The van der Waals surface area contributed by atoms with E-state index in [2.05, 4.69) is 20.8 Å². The molecule has 0 aromatic heterocycles. The van der Waals surface area contributed by atoms with Gasteiger partial charge in [0.05, 0.1) is 19.6 Å². The molecule has 0 aliphatic heterocycles. The van der Waals surface area contributed by atoms with Crippen LogP contribution in [0.1, 0.15) is 20.8 Å². The molecule has 0 bridgehead atoms. The van der Waals surface area contributed by atoms with Crippen molar-refractivity contribution in [2.75, 3.05) is 19.6 Å². The van der Waals surface area contributed by atoms with Gasteiger partial charge in [-0.3, -0.25) is 0 Å². The maximum Gasteiger partial charge on any atom is 0.0742 e. The summed E-state index contributed by atoms with van der Waals surface area (Å²) >= 11 is 10.4. The highest BCUT2D eigenvalue weighted by Gasteiger charge is 1.92. The van der Waals surface area contributed by atoms with E-state index >= 15 is 0 Å². The van der Waals surface area contributed by atoms with Crippen LogP contribution in [-0.2, 0) is 12.6 Å². The minimum Gasteiger partial charge on any atom is -0.780 e. The van der Waals surface area contributed by atoms with Crippen LogP contribution in [0.2, 0.25) is 5.02 Å². The molecule has 0 heterocycles. The topological polar surface area (TPSA) is 4.44 Å². The maximum absolute atomic E-state index is 5.57. The second-order valence-corrected chi connectivity index (χ2v) is 4.17. The Morgan fingerprint density at radius 2 is 1.40 bits per heavy atom. The van der Waals surface area contributed by atoms with Gasteiger partial charge in [-0.15, -0.1) is 0 Å². The van der Waals surface area contributed by atoms with E-state index in [-0.39, 0.29) is 0 Å². The summed E-state index contributed by atoms with van der Waals surface area (Å²) in [5.74, 6) is 0. The number of rotatable bonds is 3. The molecule has 1 aromatic rings. The summed E-state index contributed by atoms with van der Waals surface area (Å²) in [5, 5.41) is 0.735. The number of quaternary nitrogens is 1. The molecule has 1 N–H and O–H groups in total. The third kappa shape index (κ3) is 7.60. The van der Waals surface area contributed by atoms with Crippen molar-refractivity contribution in [1.82, 2.24) is 0 Å². The molecule has 0 amide bonds. The third-order valence-electron chi connectivity index (χ3n) is 2.31. The van der Waals surface area contributed by atoms with Crippen molar-refractivity contribution in [3.8, 4) is 0 Å². The fourth-order valence-electron chi connectivity index (χ4n) is 1.18. The van der Waals surface area contributed by atoms with Gasteiger partial charge in [-0.05, 0) is 32.9 Å². The van der Waals surface area contributed by atoms with Gasteiger partial charge in [-0.2, -0.15) is 4.90 Å². The summed E-state index contributed by atoms with van der Waals surface area (Å²) in [6.07, 6.45) is 0. The van der Waals surface area contributed by atoms with E-state index in [4.69, 9.17) is 24.2 Å². The SMILES string of the molecule is CC[NH+](CC)CC.[S-]c1ccc(Cl)cc1. The molecule has 0 aliphatic rings. The minimum absolute atomic E-state index is 0.735. The molecule has 3 heteroatoms. The zero-order chi connectivity index (χ0) is 11.7. The molecular formula is C12H20ClNS. The number of benzene rings is 1. The molecule has 1 nitrogen and oxygen atoms in total. The van der Waals surface area contributed by atoms with Gasteiger partial charge in [0, 0.05) is 5.02 Å². The summed E-state index contributed by atoms with van der Waals surface area (Å²) in [4.78, 5) is 2.51. The highest BCUT2D eigenvalue weighted by atomic mass is 35.5. The molecule has 0 fully saturated rings. The van der Waals surface area contributed by atoms with Crippen molar-refractivity contribution >= 4 is 24.2 Å². The lowest BCUT2D eigenvalue weighted by Gasteiger charge is -2.10. The fraction of sp³-hybridized carbons (Fsp3) is 0.500. The van der Waals surface area contributed by atoms with Gasteiger partial charge in [0.15, 0.2) is 0 Å². The number of hydrogen-bond acceptors (Lipinski definition) is 1. The van der Waals surface area contributed by atoms with E-state index in [9.17, 15) is 0 Å². The van der Waals surface area contributed by atoms with Crippen LogP contribution in [0.5, 0.6) is 0 Å². The van der Waals surface area contributed by atoms with E-state index in [1.165, 1.54) is 19.6 Å². The average molecular weight is 246 g/mol. The normalized spacial score (nSPS) is 9.67. The van der Waals surface area contributed by atoms with E-state index in [1.54, 1.807) is 29.2 Å². The van der Waals surface area contributed by atoms with Gasteiger partial charge in [0.1, 0.15) is 0 Å². The first-order valence-corrected chi connectivity index (χ1v) is 6.18. The molecule has 1 rings (SSSR count). The predicted octanol–water partition coefficient (Wildman–Crippen LogP) is 2.18. The zero-order valence-electron chi connectivity index (χ0n) is 9.72. The van der Waals surface area contributed by atoms with Crippen molar-refractivity contribution < 1.29 is 4.90 Å². The highest BCUT2D eigenvalue weighted by molar-refractivity contribution is 7.58. The van der Waals surface area contributed by atoms with E-state index in [0.29, 0.717) is 0 Å². The fourth-order valence-corrected chi connectivity index (χ4v) is 1.45. The number of nitrogens with one attached hydrogen (secondary N) is 1. The average Bonchev–Trinajstić information content (AvgIpc) is 2.26. The van der Waals surface area contributed by atoms with Gasteiger partial charge in [-0.1, -0.05) is 23.7 Å². The predicted molar refractivity (Wildman–Crippen MR) is 69.7 cm³/mol. The molecule has 86 valence electrons. The van der Waals surface area contributed by atoms with Gasteiger partial charge in [-0.25, -0.2) is 0 Å². The van der Waals surface area contributed by atoms with Crippen LogP contribution in [0.25, 0.3) is 0 Å². The molecule has 1 aromatic carbocycles. The second-order valence-electron chi connectivity index (χ2n) is 3.26. The van der Waals surface area contributed by atoms with Crippen LogP contribution >= 0.6 is 11.6 Å². The largest absolute Gasteiger partial charge is 0.780 e. The number of hydrogen-bond donors (Lipinski definition) is 1. The lowest BCUT2D eigenvalue weighted by atomic mass is 10.4. The van der Waals surface area contributed by atoms with Gasteiger partial charge < -0.3 is 17.5 Å². The summed E-state index contributed by atoms with van der Waals surface area (Å²) in [5.41, 5.74) is 0. The van der Waals surface area contributed by atoms with Crippen LogP contribution in [0.3, 0.4) is 0 Å². The highest BCUT2D eigenvalue weighted by Crippen LogP contribution is 2.07. The summed E-state index contributed by atoms with van der Waals surface area (Å²) in [6, 6.07) is 7.17. The first-order valence-electron chi connectivity index (χ1n) is 5.40. The Morgan fingerprint density at radius 3 is 1.60 bits per heavy atom. The van der Waals surface area contributed by atoms with Gasteiger partial charge in [0.2, 0.25) is 0 Å². The summed E-state index contributed by atoms with van der Waals surface area (Å²) in [6.45, 7) is 10.5. The molecule has 0 radical (unpaired) electrons. The third-order valence-corrected chi connectivity index (χ3v) is 2.84. The molecule has 0 unspecified atom stereocenters. The molecule has 0 spiro atoms. The molecular weight excluding hydrogens is 226 g/mol. The Morgan fingerprint density at radius 1 is 1.00 bits per heavy atom. The lowest BCUT2D eigenvalue weighted by molar-refractivity contribution is -0.894. The summed E-state index contributed by atoms with van der Waals surface area (Å²) in [7, 11) is 0. The van der Waals surface area contributed by atoms with Gasteiger partial charge >= 0.3 is 0 Å². The Bertz CT molecular complexity index is 218. The standard InChI is InChI=1S/C6H5ClS.C6H15N/c7-5-1-3-6(8)4-2-5;1-4-7(5-2)6-3/h1-4,8H;4-6H2,1-3H3. The van der Waals surface area contributed by atoms with Crippen molar-refractivity contribution in [1.29, 1.82) is 0 Å². The number of halogens is 1. The van der Waals surface area contributed by atoms with Crippen molar-refractivity contribution in [2.24, 2.45) is 0 Å². The lowest BCUT2D eigenvalue weighted by Crippen LogP contribution is -3.11. The van der Waals surface area contributed by atoms with Crippen molar-refractivity contribution in [3.05, 3.63) is 29.3 Å². The smallest absolute Gasteiger partial charge is 0.0742 e. The monoisotopic (exact) mass is 245 g/mol. The van der Waals surface area contributed by atoms with Crippen LogP contribution in [0.15, 0.2) is 29.2 Å². The minimum atomic E-state index is 0.735. The zero-order valence-corrected chi connectivity index (χ0v) is 11.3. The van der Waals surface area contributed by atoms with Crippen molar-refractivity contribution in [2.45, 2.75) is 25.7 Å². The quantitative estimate of drug-likeness (QED) is 0.800. The first-order chi connectivity index (χ1) is 7.13. The molecule has 0 saturated carbocycles. The van der Waals surface area contributed by atoms with Crippen LogP contribution in [0, 0.1) is 0 Å². The van der Waals surface area contributed by atoms with Crippen molar-refractivity contribution in [3.63, 3.8) is 0 Å². The van der Waals surface area contributed by atoms with Crippen LogP contribution < -0.4 is 4.90 Å². The Kier molecular flexibility index (Phi) is 8.77. The van der Waals surface area contributed by atoms with E-state index in [0.717, 1.165) is 9.92 Å². The Balaban J connectivity index is 0.000000265. The Labute approximate surface area is 104 Å². The Hall–Kier alpha value is -0.310. The molecule has 0 atom stereocenters. The molecule has 15 heavy (non-hydrogen) atoms. The van der Waals surface area contributed by atoms with E-state index in [1.807, 2.05) is 0 Å². The summed E-state index contributed by atoms with van der Waals surface area (Å²) < 4.78 is 0.